The van der Waals surface area contributed by atoms with Gasteiger partial charge in [-0.15, -0.1) is 5.06 Å². The minimum Gasteiger partial charge on any atom is -0.465 e. The monoisotopic (exact) mass is 572 g/mol. The molecule has 2 aromatic carbocycles. The lowest BCUT2D eigenvalue weighted by atomic mass is 9.79. The quantitative estimate of drug-likeness (QED) is 0.280. The lowest BCUT2D eigenvalue weighted by Gasteiger charge is -2.31. The summed E-state index contributed by atoms with van der Waals surface area (Å²) in [6, 6.07) is 9.27. The fraction of sp³-hybridized carbons (Fsp3) is 0.346. The molecule has 1 heterocycles. The van der Waals surface area contributed by atoms with Crippen molar-refractivity contribution in [2.24, 2.45) is 0 Å². The van der Waals surface area contributed by atoms with Crippen LogP contribution in [0.25, 0.3) is 0 Å². The normalized spacial score (nSPS) is 13.9. The van der Waals surface area contributed by atoms with Gasteiger partial charge in [-0.1, -0.05) is 39.0 Å². The molecule has 202 valence electrons. The number of ether oxygens (including phenoxy) is 1. The number of thiocarbonyl (C=S) groups is 1. The highest BCUT2D eigenvalue weighted by Crippen LogP contribution is 2.32. The molecule has 1 aliphatic rings. The van der Waals surface area contributed by atoms with Gasteiger partial charge in [-0.25, -0.2) is 4.79 Å². The fourth-order valence-corrected chi connectivity index (χ4v) is 7.35. The zero-order valence-electron chi connectivity index (χ0n) is 22.4. The van der Waals surface area contributed by atoms with E-state index in [1.165, 1.54) is 0 Å². The Kier molecular flexibility index (Phi) is 9.36. The van der Waals surface area contributed by atoms with Crippen molar-refractivity contribution >= 4 is 66.4 Å². The third-order valence-corrected chi connectivity index (χ3v) is 8.62. The molecule has 2 aromatic rings. The number of rotatable bonds is 8. The van der Waals surface area contributed by atoms with Crippen molar-refractivity contribution in [2.45, 2.75) is 52.9 Å². The molecule has 0 aliphatic carbocycles. The van der Waals surface area contributed by atoms with Gasteiger partial charge in [0.25, 0.3) is 17.7 Å². The van der Waals surface area contributed by atoms with E-state index in [1.807, 2.05) is 65.0 Å². The van der Waals surface area contributed by atoms with Crippen LogP contribution in [0.2, 0.25) is 0 Å². The zero-order valence-corrected chi connectivity index (χ0v) is 26.7. The number of imide groups is 1. The summed E-state index contributed by atoms with van der Waals surface area (Å²) < 4.78 is 11.8. The maximum Gasteiger partial charge on any atom is 0.352 e. The highest BCUT2D eigenvalue weighted by Gasteiger charge is 2.34. The van der Waals surface area contributed by atoms with Crippen LogP contribution in [0.15, 0.2) is 30.3 Å². The molecular weight excluding hydrogens is 541 g/mol. The van der Waals surface area contributed by atoms with Crippen molar-refractivity contribution < 1.29 is 32.9 Å². The molecule has 1 saturated heterocycles. The zero-order chi connectivity index (χ0) is 28.2. The van der Waals surface area contributed by atoms with Gasteiger partial charge >= 0.3 is 5.97 Å². The molecule has 38 heavy (non-hydrogen) atoms. The largest absolute Gasteiger partial charge is 0.465 e. The second-order valence-electron chi connectivity index (χ2n) is 9.97. The van der Waals surface area contributed by atoms with E-state index in [9.17, 15) is 19.2 Å². The summed E-state index contributed by atoms with van der Waals surface area (Å²) in [4.78, 5) is 54.1. The van der Waals surface area contributed by atoms with Crippen LogP contribution in [0, 0.1) is 13.8 Å². The number of nitrogens with one attached hydrogen (secondary N) is 1. The number of hydroxylamine groups is 2. The third kappa shape index (κ3) is 6.44. The summed E-state index contributed by atoms with van der Waals surface area (Å²) in [7, 11) is -0.843. The number of carbonyl (C=O) groups excluding carboxylic acids is 4. The van der Waals surface area contributed by atoms with E-state index < -0.39 is 45.4 Å². The maximum atomic E-state index is 13.5. The number of hydrogen-bond donors (Lipinski definition) is 1. The SMILES string of the molecule is Cc1c(C)c(C(=S)Oc2ccccc2)c(C(C)(C)C)c([SiH2]O[SiH3])c1C(=O)NCC(=O)ON1C(=O)CCC1=O. The lowest BCUT2D eigenvalue weighted by molar-refractivity contribution is -0.196. The molecule has 0 saturated carbocycles. The minimum atomic E-state index is -1.34. The van der Waals surface area contributed by atoms with Gasteiger partial charge in [0, 0.05) is 24.0 Å². The van der Waals surface area contributed by atoms with E-state index >= 15 is 0 Å². The van der Waals surface area contributed by atoms with Crippen LogP contribution >= 0.6 is 12.2 Å². The Morgan fingerprint density at radius 2 is 1.63 bits per heavy atom. The highest BCUT2D eigenvalue weighted by atomic mass is 32.1. The van der Waals surface area contributed by atoms with Crippen molar-refractivity contribution in [2.75, 3.05) is 6.54 Å². The highest BCUT2D eigenvalue weighted by molar-refractivity contribution is 7.80. The van der Waals surface area contributed by atoms with Gasteiger partial charge in [-0.2, -0.15) is 0 Å². The van der Waals surface area contributed by atoms with Gasteiger partial charge in [-0.3, -0.25) is 14.4 Å². The summed E-state index contributed by atoms with van der Waals surface area (Å²) >= 11 is 5.77. The van der Waals surface area contributed by atoms with Crippen molar-refractivity contribution in [3.8, 4) is 5.75 Å². The first-order chi connectivity index (χ1) is 17.9. The van der Waals surface area contributed by atoms with Gasteiger partial charge in [0.1, 0.15) is 22.8 Å². The molecule has 3 rings (SSSR count). The number of hydrogen-bond acceptors (Lipinski definition) is 8. The molecule has 1 N–H and O–H groups in total. The number of para-hydroxylation sites is 1. The second kappa shape index (κ2) is 12.1. The van der Waals surface area contributed by atoms with E-state index in [2.05, 4.69) is 5.32 Å². The number of benzene rings is 2. The van der Waals surface area contributed by atoms with Crippen LogP contribution in [0.5, 0.6) is 5.75 Å². The van der Waals surface area contributed by atoms with Gasteiger partial charge < -0.3 is 19.0 Å². The second-order valence-corrected chi connectivity index (χ2v) is 13.6. The van der Waals surface area contributed by atoms with Crippen LogP contribution in [0.4, 0.5) is 0 Å². The Balaban J connectivity index is 1.98. The predicted molar refractivity (Wildman–Crippen MR) is 152 cm³/mol. The van der Waals surface area contributed by atoms with Crippen molar-refractivity contribution in [1.29, 1.82) is 0 Å². The molecule has 1 fully saturated rings. The molecule has 9 nitrogen and oxygen atoms in total. The van der Waals surface area contributed by atoms with Gasteiger partial charge in [0.2, 0.25) is 0 Å². The fourth-order valence-electron chi connectivity index (χ4n) is 4.42. The first-order valence-corrected chi connectivity index (χ1v) is 14.6. The van der Waals surface area contributed by atoms with E-state index in [4.69, 9.17) is 25.9 Å². The van der Waals surface area contributed by atoms with E-state index in [0.717, 1.165) is 21.9 Å². The first kappa shape index (κ1) is 29.4. The maximum absolute atomic E-state index is 13.5. The van der Waals surface area contributed by atoms with Crippen LogP contribution < -0.4 is 15.2 Å². The summed E-state index contributed by atoms with van der Waals surface area (Å²) in [5, 5.41) is 4.14. The van der Waals surface area contributed by atoms with Crippen molar-refractivity contribution in [3.63, 3.8) is 0 Å². The molecule has 0 aromatic heterocycles. The summed E-state index contributed by atoms with van der Waals surface area (Å²) in [5.41, 5.74) is 3.15. The van der Waals surface area contributed by atoms with Crippen molar-refractivity contribution in [3.05, 3.63) is 58.1 Å². The van der Waals surface area contributed by atoms with E-state index in [0.29, 0.717) is 37.5 Å². The predicted octanol–water partition coefficient (Wildman–Crippen LogP) is 0.699. The van der Waals surface area contributed by atoms with Gasteiger partial charge in [0.15, 0.2) is 14.8 Å². The molecule has 0 spiro atoms. The average molecular weight is 573 g/mol. The number of nitrogens with zero attached hydrogens (tertiary/aromatic N) is 1. The third-order valence-electron chi connectivity index (χ3n) is 6.18. The molecule has 3 amide bonds. The van der Waals surface area contributed by atoms with Gasteiger partial charge in [-0.05, 0) is 65.5 Å². The lowest BCUT2D eigenvalue weighted by Crippen LogP contribution is -2.42. The Morgan fingerprint density at radius 3 is 2.18 bits per heavy atom. The van der Waals surface area contributed by atoms with E-state index in [1.54, 1.807) is 0 Å². The summed E-state index contributed by atoms with van der Waals surface area (Å²) in [6.07, 6.45) is -0.0217. The first-order valence-electron chi connectivity index (χ1n) is 12.1. The minimum absolute atomic E-state index is 0.0109. The van der Waals surface area contributed by atoms with Crippen LogP contribution in [-0.4, -0.2) is 60.6 Å². The smallest absolute Gasteiger partial charge is 0.352 e. The number of amides is 3. The molecule has 0 radical (unpaired) electrons. The molecule has 0 unspecified atom stereocenters. The van der Waals surface area contributed by atoms with Crippen LogP contribution in [0.1, 0.15) is 66.2 Å². The topological polar surface area (TPSA) is 111 Å². The molecule has 1 aliphatic heterocycles. The Hall–Kier alpha value is -3.20. The van der Waals surface area contributed by atoms with E-state index in [-0.39, 0.29) is 12.8 Å². The summed E-state index contributed by atoms with van der Waals surface area (Å²) in [5.74, 6) is -1.95. The van der Waals surface area contributed by atoms with Crippen molar-refractivity contribution in [1.82, 2.24) is 10.4 Å². The Labute approximate surface area is 232 Å². The molecular formula is C26H32N2O7SSi2. The summed E-state index contributed by atoms with van der Waals surface area (Å²) in [6.45, 7) is 9.33. The molecule has 0 bridgehead atoms. The molecule has 0 atom stereocenters. The Morgan fingerprint density at radius 1 is 1.05 bits per heavy atom. The number of carbonyl (C=O) groups is 4. The molecule has 12 heteroatoms. The Bertz CT molecular complexity index is 1280. The standard InChI is InChI=1S/C26H32N2O7SSi2/c1-14-15(2)21(24(32)27-13-19(31)34-28-17(29)11-12-18(28)30)23(38-35-37)22(26(3,4)5)20(14)25(36)33-16-9-7-6-8-10-16/h6-10H,11-13,38H2,1-5,37H3,(H,27,32). The van der Waals surface area contributed by atoms with Crippen LogP contribution in [0.3, 0.4) is 0 Å². The van der Waals surface area contributed by atoms with Gasteiger partial charge in [0.05, 0.1) is 0 Å². The average Bonchev–Trinajstić information content (AvgIpc) is 3.16. The van der Waals surface area contributed by atoms with Crippen LogP contribution in [-0.2, 0) is 28.8 Å².